The third-order valence-corrected chi connectivity index (χ3v) is 3.96. The summed E-state index contributed by atoms with van der Waals surface area (Å²) in [5.41, 5.74) is -0.552. The van der Waals surface area contributed by atoms with E-state index in [1.807, 2.05) is 13.8 Å². The molecule has 0 unspecified atom stereocenters. The molecule has 1 aliphatic heterocycles. The standard InChI is InChI=1S/C15H28N2O4/c1-11(2)9-12(13(18)21-4)17-14(19)15(10-20-3)5-7-16-8-6-15/h11-12,16H,5-10H2,1-4H3,(H,17,19)/t12-/m0/s1. The van der Waals surface area contributed by atoms with Gasteiger partial charge in [0.15, 0.2) is 0 Å². The summed E-state index contributed by atoms with van der Waals surface area (Å²) < 4.78 is 10.0. The second-order valence-electron chi connectivity index (χ2n) is 6.14. The third-order valence-electron chi connectivity index (χ3n) is 3.96. The lowest BCUT2D eigenvalue weighted by Crippen LogP contribution is -2.54. The van der Waals surface area contributed by atoms with Crippen LogP contribution in [0.4, 0.5) is 0 Å². The summed E-state index contributed by atoms with van der Waals surface area (Å²) in [5, 5.41) is 6.12. The summed E-state index contributed by atoms with van der Waals surface area (Å²) in [6, 6.07) is -0.592. The van der Waals surface area contributed by atoms with Crippen molar-refractivity contribution in [3.63, 3.8) is 0 Å². The molecular weight excluding hydrogens is 272 g/mol. The minimum absolute atomic E-state index is 0.109. The molecule has 0 aromatic rings. The topological polar surface area (TPSA) is 76.7 Å². The zero-order valence-electron chi connectivity index (χ0n) is 13.5. The number of rotatable bonds is 7. The fourth-order valence-corrected chi connectivity index (χ4v) is 2.76. The highest BCUT2D eigenvalue weighted by molar-refractivity contribution is 5.88. The van der Waals surface area contributed by atoms with Gasteiger partial charge >= 0.3 is 5.97 Å². The van der Waals surface area contributed by atoms with E-state index in [9.17, 15) is 9.59 Å². The van der Waals surface area contributed by atoms with E-state index in [0.717, 1.165) is 13.1 Å². The fraction of sp³-hybridized carbons (Fsp3) is 0.867. The summed E-state index contributed by atoms with van der Waals surface area (Å²) in [6.45, 7) is 5.96. The molecule has 0 saturated carbocycles. The SMILES string of the molecule is COCC1(C(=O)N[C@@H](CC(C)C)C(=O)OC)CCNCC1. The minimum atomic E-state index is -0.592. The van der Waals surface area contributed by atoms with Crippen LogP contribution >= 0.6 is 0 Å². The molecular formula is C15H28N2O4. The van der Waals surface area contributed by atoms with Gasteiger partial charge in [0, 0.05) is 7.11 Å². The van der Waals surface area contributed by atoms with Crippen molar-refractivity contribution >= 4 is 11.9 Å². The zero-order chi connectivity index (χ0) is 15.9. The van der Waals surface area contributed by atoms with Gasteiger partial charge in [0.2, 0.25) is 5.91 Å². The number of carbonyl (C=O) groups excluding carboxylic acids is 2. The van der Waals surface area contributed by atoms with Gasteiger partial charge in [-0.15, -0.1) is 0 Å². The molecule has 1 heterocycles. The maximum atomic E-state index is 12.7. The summed E-state index contributed by atoms with van der Waals surface area (Å²) in [6.07, 6.45) is 1.99. The van der Waals surface area contributed by atoms with Gasteiger partial charge in [0.05, 0.1) is 19.1 Å². The monoisotopic (exact) mass is 300 g/mol. The van der Waals surface area contributed by atoms with E-state index in [1.165, 1.54) is 7.11 Å². The number of piperidine rings is 1. The maximum Gasteiger partial charge on any atom is 0.328 e. The molecule has 0 spiro atoms. The largest absolute Gasteiger partial charge is 0.467 e. The first kappa shape index (κ1) is 17.9. The molecule has 0 radical (unpaired) electrons. The molecule has 1 amide bonds. The predicted molar refractivity (Wildman–Crippen MR) is 79.8 cm³/mol. The molecule has 1 fully saturated rings. The number of nitrogens with one attached hydrogen (secondary N) is 2. The molecule has 0 aromatic heterocycles. The highest BCUT2D eigenvalue weighted by Gasteiger charge is 2.41. The van der Waals surface area contributed by atoms with Crippen LogP contribution in [0.15, 0.2) is 0 Å². The van der Waals surface area contributed by atoms with E-state index in [1.54, 1.807) is 7.11 Å². The van der Waals surface area contributed by atoms with Crippen molar-refractivity contribution in [3.05, 3.63) is 0 Å². The Hall–Kier alpha value is -1.14. The molecule has 0 aliphatic carbocycles. The Morgan fingerprint density at radius 3 is 2.33 bits per heavy atom. The number of carbonyl (C=O) groups is 2. The maximum absolute atomic E-state index is 12.7. The van der Waals surface area contributed by atoms with Crippen LogP contribution in [0.5, 0.6) is 0 Å². The van der Waals surface area contributed by atoms with Gasteiger partial charge < -0.3 is 20.1 Å². The van der Waals surface area contributed by atoms with Crippen molar-refractivity contribution in [1.29, 1.82) is 0 Å². The number of ether oxygens (including phenoxy) is 2. The Kier molecular flexibility index (Phi) is 7.11. The highest BCUT2D eigenvalue weighted by atomic mass is 16.5. The van der Waals surface area contributed by atoms with Gasteiger partial charge in [-0.3, -0.25) is 4.79 Å². The molecule has 1 atom stereocenters. The van der Waals surface area contributed by atoms with Gasteiger partial charge in [-0.05, 0) is 38.3 Å². The first-order valence-electron chi connectivity index (χ1n) is 7.53. The van der Waals surface area contributed by atoms with Crippen molar-refractivity contribution in [2.45, 2.75) is 39.2 Å². The summed E-state index contributed by atoms with van der Waals surface area (Å²) in [5.74, 6) is -0.207. The lowest BCUT2D eigenvalue weighted by Gasteiger charge is -2.36. The van der Waals surface area contributed by atoms with Gasteiger partial charge in [-0.1, -0.05) is 13.8 Å². The van der Waals surface area contributed by atoms with Crippen molar-refractivity contribution in [2.24, 2.45) is 11.3 Å². The van der Waals surface area contributed by atoms with E-state index >= 15 is 0 Å². The Morgan fingerprint density at radius 1 is 1.24 bits per heavy atom. The first-order valence-corrected chi connectivity index (χ1v) is 7.53. The van der Waals surface area contributed by atoms with E-state index in [2.05, 4.69) is 10.6 Å². The summed E-state index contributed by atoms with van der Waals surface area (Å²) in [7, 11) is 2.94. The molecule has 6 nitrogen and oxygen atoms in total. The smallest absolute Gasteiger partial charge is 0.328 e. The predicted octanol–water partition coefficient (Wildman–Crippen LogP) is 0.707. The van der Waals surface area contributed by atoms with E-state index < -0.39 is 17.4 Å². The van der Waals surface area contributed by atoms with Gasteiger partial charge in [-0.25, -0.2) is 4.79 Å². The zero-order valence-corrected chi connectivity index (χ0v) is 13.5. The number of hydrogen-bond acceptors (Lipinski definition) is 5. The molecule has 6 heteroatoms. The van der Waals surface area contributed by atoms with Crippen molar-refractivity contribution in [3.8, 4) is 0 Å². The Morgan fingerprint density at radius 2 is 1.86 bits per heavy atom. The quantitative estimate of drug-likeness (QED) is 0.677. The van der Waals surface area contributed by atoms with Gasteiger partial charge in [0.25, 0.3) is 0 Å². The van der Waals surface area contributed by atoms with Crippen LogP contribution in [0.3, 0.4) is 0 Å². The molecule has 0 bridgehead atoms. The minimum Gasteiger partial charge on any atom is -0.467 e. The van der Waals surface area contributed by atoms with Crippen molar-refractivity contribution < 1.29 is 19.1 Å². The van der Waals surface area contributed by atoms with E-state index in [-0.39, 0.29) is 5.91 Å². The second kappa shape index (κ2) is 8.34. The molecule has 1 rings (SSSR count). The van der Waals surface area contributed by atoms with Crippen LogP contribution in [-0.2, 0) is 19.1 Å². The van der Waals surface area contributed by atoms with Crippen LogP contribution in [0.1, 0.15) is 33.1 Å². The molecule has 1 aliphatic rings. The average Bonchev–Trinajstić information content (AvgIpc) is 2.46. The van der Waals surface area contributed by atoms with Crippen molar-refractivity contribution in [2.75, 3.05) is 33.9 Å². The van der Waals surface area contributed by atoms with E-state index in [4.69, 9.17) is 9.47 Å². The Labute approximate surface area is 126 Å². The van der Waals surface area contributed by atoms with Gasteiger partial charge in [0.1, 0.15) is 6.04 Å². The van der Waals surface area contributed by atoms with Crippen LogP contribution in [-0.4, -0.2) is 51.8 Å². The molecule has 2 N–H and O–H groups in total. The number of amides is 1. The number of esters is 1. The summed E-state index contributed by atoms with van der Waals surface area (Å²) in [4.78, 5) is 24.5. The van der Waals surface area contributed by atoms with Gasteiger partial charge in [-0.2, -0.15) is 0 Å². The Balaban J connectivity index is 2.79. The fourth-order valence-electron chi connectivity index (χ4n) is 2.76. The Bertz CT molecular complexity index is 346. The van der Waals surface area contributed by atoms with E-state index in [0.29, 0.717) is 31.8 Å². The summed E-state index contributed by atoms with van der Waals surface area (Å²) >= 11 is 0. The van der Waals surface area contributed by atoms with Crippen molar-refractivity contribution in [1.82, 2.24) is 10.6 Å². The lowest BCUT2D eigenvalue weighted by atomic mass is 9.78. The molecule has 1 saturated heterocycles. The van der Waals surface area contributed by atoms with Crippen LogP contribution in [0.25, 0.3) is 0 Å². The number of hydrogen-bond donors (Lipinski definition) is 2. The number of methoxy groups -OCH3 is 2. The lowest BCUT2D eigenvalue weighted by molar-refractivity contribution is -0.148. The first-order chi connectivity index (χ1) is 9.95. The van der Waals surface area contributed by atoms with Crippen LogP contribution < -0.4 is 10.6 Å². The molecule has 21 heavy (non-hydrogen) atoms. The van der Waals surface area contributed by atoms with Crippen LogP contribution in [0, 0.1) is 11.3 Å². The van der Waals surface area contributed by atoms with Crippen LogP contribution in [0.2, 0.25) is 0 Å². The average molecular weight is 300 g/mol. The molecule has 0 aromatic carbocycles. The second-order valence-corrected chi connectivity index (χ2v) is 6.14. The molecule has 122 valence electrons. The highest BCUT2D eigenvalue weighted by Crippen LogP contribution is 2.29. The normalized spacial score (nSPS) is 19.1. The third kappa shape index (κ3) is 4.97.